The monoisotopic (exact) mass is 366 g/mol. The Kier molecular flexibility index (Phi) is 4.39. The highest BCUT2D eigenvalue weighted by molar-refractivity contribution is 6.35. The van der Waals surface area contributed by atoms with E-state index in [1.165, 1.54) is 0 Å². The van der Waals surface area contributed by atoms with Crippen LogP contribution in [0.3, 0.4) is 0 Å². The van der Waals surface area contributed by atoms with Gasteiger partial charge in [-0.15, -0.1) is 0 Å². The van der Waals surface area contributed by atoms with Crippen molar-refractivity contribution in [1.82, 2.24) is 5.43 Å². The van der Waals surface area contributed by atoms with Gasteiger partial charge in [-0.05, 0) is 41.5 Å². The second-order valence-electron chi connectivity index (χ2n) is 5.87. The Balaban J connectivity index is 1.79. The van der Waals surface area contributed by atoms with Crippen molar-refractivity contribution in [2.24, 2.45) is 0 Å². The molecular formula is C21H16Cl2N2. The lowest BCUT2D eigenvalue weighted by Crippen LogP contribution is -2.34. The zero-order chi connectivity index (χ0) is 17.2. The quantitative estimate of drug-likeness (QED) is 0.602. The normalized spacial score (nSPS) is 16.5. The molecule has 0 radical (unpaired) electrons. The van der Waals surface area contributed by atoms with Crippen molar-refractivity contribution >= 4 is 34.6 Å². The van der Waals surface area contributed by atoms with Gasteiger partial charge in [0.2, 0.25) is 0 Å². The fourth-order valence-electron chi connectivity index (χ4n) is 3.03. The first-order valence-electron chi connectivity index (χ1n) is 8.05. The minimum Gasteiger partial charge on any atom is -0.297 e. The molecule has 1 unspecified atom stereocenters. The summed E-state index contributed by atoms with van der Waals surface area (Å²) in [4.78, 5) is 0. The van der Waals surface area contributed by atoms with E-state index in [-0.39, 0.29) is 6.04 Å². The number of halogens is 2. The van der Waals surface area contributed by atoms with E-state index in [1.807, 2.05) is 48.5 Å². The van der Waals surface area contributed by atoms with Gasteiger partial charge in [0.05, 0.1) is 17.4 Å². The minimum absolute atomic E-state index is 0.0256. The summed E-state index contributed by atoms with van der Waals surface area (Å²) in [6.45, 7) is 0. The molecule has 2 nitrogen and oxygen atoms in total. The average molecular weight is 367 g/mol. The molecule has 0 aliphatic carbocycles. The smallest absolute Gasteiger partial charge is 0.0972 e. The molecule has 0 saturated heterocycles. The van der Waals surface area contributed by atoms with Gasteiger partial charge in [-0.25, -0.2) is 0 Å². The number of rotatable bonds is 3. The fraction of sp³-hybridized carbons (Fsp3) is 0.0476. The van der Waals surface area contributed by atoms with Crippen LogP contribution >= 0.6 is 23.2 Å². The van der Waals surface area contributed by atoms with Crippen LogP contribution in [-0.4, -0.2) is 0 Å². The Labute approximate surface area is 157 Å². The predicted molar refractivity (Wildman–Crippen MR) is 106 cm³/mol. The molecule has 1 aliphatic rings. The van der Waals surface area contributed by atoms with Gasteiger partial charge in [-0.3, -0.25) is 10.4 Å². The molecule has 4 rings (SSSR count). The number of anilines is 1. The molecule has 0 aromatic heterocycles. The molecule has 1 atom stereocenters. The summed E-state index contributed by atoms with van der Waals surface area (Å²) in [5.41, 5.74) is 7.79. The molecule has 0 saturated carbocycles. The molecule has 124 valence electrons. The molecule has 0 spiro atoms. The van der Waals surface area contributed by atoms with Crippen LogP contribution in [-0.2, 0) is 0 Å². The highest BCUT2D eigenvalue weighted by atomic mass is 35.5. The average Bonchev–Trinajstić information content (AvgIpc) is 3.08. The van der Waals surface area contributed by atoms with Gasteiger partial charge in [0.15, 0.2) is 0 Å². The Morgan fingerprint density at radius 1 is 0.800 bits per heavy atom. The third kappa shape index (κ3) is 3.23. The Morgan fingerprint density at radius 3 is 2.16 bits per heavy atom. The number of para-hydroxylation sites is 1. The number of hydrogen-bond donors (Lipinski definition) is 1. The lowest BCUT2D eigenvalue weighted by Gasteiger charge is -2.28. The second kappa shape index (κ2) is 6.83. The standard InChI is InChI=1S/C21H16Cl2N2/c22-16-11-12-18(19(23)13-16)21-14-20(15-7-3-1-4-8-15)24-25(21)17-9-5-2-6-10-17/h1-14,21,24H. The highest BCUT2D eigenvalue weighted by Crippen LogP contribution is 2.38. The molecule has 1 aliphatic heterocycles. The summed E-state index contributed by atoms with van der Waals surface area (Å²) < 4.78 is 0. The zero-order valence-electron chi connectivity index (χ0n) is 13.4. The van der Waals surface area contributed by atoms with Crippen molar-refractivity contribution in [3.05, 3.63) is 106 Å². The molecule has 0 bridgehead atoms. The Hall–Kier alpha value is -2.42. The van der Waals surface area contributed by atoms with Crippen molar-refractivity contribution in [2.75, 3.05) is 5.01 Å². The van der Waals surface area contributed by atoms with Crippen molar-refractivity contribution < 1.29 is 0 Å². The Bertz CT molecular complexity index is 908. The van der Waals surface area contributed by atoms with Crippen LogP contribution in [0, 0.1) is 0 Å². The van der Waals surface area contributed by atoms with Crippen LogP contribution in [0.1, 0.15) is 17.2 Å². The van der Waals surface area contributed by atoms with Gasteiger partial charge >= 0.3 is 0 Å². The van der Waals surface area contributed by atoms with E-state index in [4.69, 9.17) is 23.2 Å². The maximum atomic E-state index is 6.49. The first-order chi connectivity index (χ1) is 12.2. The van der Waals surface area contributed by atoms with E-state index >= 15 is 0 Å². The maximum absolute atomic E-state index is 6.49. The lowest BCUT2D eigenvalue weighted by molar-refractivity contribution is 0.724. The summed E-state index contributed by atoms with van der Waals surface area (Å²) in [5.74, 6) is 0. The van der Waals surface area contributed by atoms with Gasteiger partial charge in [0.1, 0.15) is 0 Å². The van der Waals surface area contributed by atoms with Crippen LogP contribution in [0.5, 0.6) is 0 Å². The molecule has 1 heterocycles. The molecule has 0 fully saturated rings. The topological polar surface area (TPSA) is 15.3 Å². The summed E-state index contributed by atoms with van der Waals surface area (Å²) >= 11 is 12.6. The Morgan fingerprint density at radius 2 is 1.48 bits per heavy atom. The number of benzene rings is 3. The molecular weight excluding hydrogens is 351 g/mol. The van der Waals surface area contributed by atoms with Crippen LogP contribution in [0.25, 0.3) is 5.70 Å². The SMILES string of the molecule is Clc1ccc(C2C=C(c3ccccc3)NN2c2ccccc2)c(Cl)c1. The molecule has 3 aromatic carbocycles. The maximum Gasteiger partial charge on any atom is 0.0972 e. The summed E-state index contributed by atoms with van der Waals surface area (Å²) in [5, 5.41) is 3.42. The van der Waals surface area contributed by atoms with Crippen LogP contribution in [0.2, 0.25) is 10.0 Å². The van der Waals surface area contributed by atoms with Gasteiger partial charge in [-0.2, -0.15) is 0 Å². The molecule has 3 aromatic rings. The van der Waals surface area contributed by atoms with E-state index in [9.17, 15) is 0 Å². The third-order valence-corrected chi connectivity index (χ3v) is 4.81. The first kappa shape index (κ1) is 16.1. The van der Waals surface area contributed by atoms with E-state index in [0.717, 1.165) is 22.5 Å². The summed E-state index contributed by atoms with van der Waals surface area (Å²) in [6.07, 6.45) is 2.19. The fourth-order valence-corrected chi connectivity index (χ4v) is 3.55. The van der Waals surface area contributed by atoms with E-state index in [0.29, 0.717) is 10.0 Å². The highest BCUT2D eigenvalue weighted by Gasteiger charge is 2.28. The van der Waals surface area contributed by atoms with Crippen LogP contribution < -0.4 is 10.4 Å². The summed E-state index contributed by atoms with van der Waals surface area (Å²) in [7, 11) is 0. The minimum atomic E-state index is -0.0256. The summed E-state index contributed by atoms with van der Waals surface area (Å²) in [6, 6.07) is 26.1. The predicted octanol–water partition coefficient (Wildman–Crippen LogP) is 6.10. The van der Waals surface area contributed by atoms with E-state index < -0.39 is 0 Å². The van der Waals surface area contributed by atoms with Crippen LogP contribution in [0.15, 0.2) is 84.9 Å². The zero-order valence-corrected chi connectivity index (χ0v) is 14.9. The van der Waals surface area contributed by atoms with Crippen molar-refractivity contribution in [3.63, 3.8) is 0 Å². The van der Waals surface area contributed by atoms with Crippen LogP contribution in [0.4, 0.5) is 5.69 Å². The largest absolute Gasteiger partial charge is 0.297 e. The molecule has 25 heavy (non-hydrogen) atoms. The van der Waals surface area contributed by atoms with Gasteiger partial charge in [0.25, 0.3) is 0 Å². The molecule has 0 amide bonds. The van der Waals surface area contributed by atoms with Gasteiger partial charge < -0.3 is 0 Å². The molecule has 1 N–H and O–H groups in total. The molecule has 4 heteroatoms. The van der Waals surface area contributed by atoms with E-state index in [2.05, 4.69) is 40.8 Å². The second-order valence-corrected chi connectivity index (χ2v) is 6.72. The number of nitrogens with zero attached hydrogens (tertiary/aromatic N) is 1. The van der Waals surface area contributed by atoms with E-state index in [1.54, 1.807) is 6.07 Å². The number of hydrogen-bond acceptors (Lipinski definition) is 2. The number of nitrogens with one attached hydrogen (secondary N) is 1. The van der Waals surface area contributed by atoms with Crippen molar-refractivity contribution in [1.29, 1.82) is 0 Å². The van der Waals surface area contributed by atoms with Crippen molar-refractivity contribution in [3.8, 4) is 0 Å². The van der Waals surface area contributed by atoms with Gasteiger partial charge in [0, 0.05) is 10.0 Å². The van der Waals surface area contributed by atoms with Crippen molar-refractivity contribution in [2.45, 2.75) is 6.04 Å². The number of hydrazine groups is 1. The first-order valence-corrected chi connectivity index (χ1v) is 8.81. The van der Waals surface area contributed by atoms with Gasteiger partial charge in [-0.1, -0.05) is 77.8 Å². The third-order valence-electron chi connectivity index (χ3n) is 4.24. The lowest BCUT2D eigenvalue weighted by atomic mass is 10.0.